The summed E-state index contributed by atoms with van der Waals surface area (Å²) in [5.74, 6) is 0.0111. The molecule has 0 saturated heterocycles. The highest BCUT2D eigenvalue weighted by molar-refractivity contribution is 6.14. The largest absolute Gasteiger partial charge is 0.319 e. The smallest absolute Gasteiger partial charge is 0.0507 e. The van der Waals surface area contributed by atoms with Gasteiger partial charge in [-0.25, -0.2) is 0 Å². The van der Waals surface area contributed by atoms with E-state index in [1.807, 2.05) is 39.2 Å². The normalized spacial score (nSPS) is 12.9. The molecule has 0 heterocycles. The average Bonchev–Trinajstić information content (AvgIpc) is 2.61. The van der Waals surface area contributed by atoms with Gasteiger partial charge in [0.2, 0.25) is 0 Å². The molecule has 126 valence electrons. The molecule has 0 bridgehead atoms. The van der Waals surface area contributed by atoms with Crippen molar-refractivity contribution >= 4 is 11.4 Å². The molecule has 0 radical (unpaired) electrons. The molecule has 0 aliphatic rings. The van der Waals surface area contributed by atoms with E-state index < -0.39 is 0 Å². The maximum Gasteiger partial charge on any atom is 0.0507 e. The molecule has 3 heteroatoms. The van der Waals surface area contributed by atoms with Crippen LogP contribution < -0.4 is 5.32 Å². The first-order valence-corrected chi connectivity index (χ1v) is 8.45. The predicted molar refractivity (Wildman–Crippen MR) is 104 cm³/mol. The summed E-state index contributed by atoms with van der Waals surface area (Å²) >= 11 is 0. The summed E-state index contributed by atoms with van der Waals surface area (Å²) in [5, 5.41) is 11.4. The first kappa shape index (κ1) is 18.1. The lowest BCUT2D eigenvalue weighted by Gasteiger charge is -2.19. The predicted octanol–water partition coefficient (Wildman–Crippen LogP) is 3.77. The van der Waals surface area contributed by atoms with Crippen LogP contribution in [-0.4, -0.2) is 32.1 Å². The van der Waals surface area contributed by atoms with E-state index in [2.05, 4.69) is 46.7 Å². The van der Waals surface area contributed by atoms with Gasteiger partial charge in [-0.3, -0.25) is 4.99 Å². The van der Waals surface area contributed by atoms with E-state index >= 15 is 0 Å². The molecule has 3 nitrogen and oxygen atoms in total. The van der Waals surface area contributed by atoms with Gasteiger partial charge in [0.05, 0.1) is 5.71 Å². The van der Waals surface area contributed by atoms with Crippen molar-refractivity contribution in [1.82, 2.24) is 5.32 Å². The lowest BCUT2D eigenvalue weighted by molar-refractivity contribution is 0.791. The van der Waals surface area contributed by atoms with Crippen molar-refractivity contribution in [2.24, 2.45) is 10.9 Å². The molecular weight excluding hydrogens is 294 g/mol. The molecule has 2 aromatic rings. The quantitative estimate of drug-likeness (QED) is 0.715. The van der Waals surface area contributed by atoms with E-state index in [0.29, 0.717) is 5.71 Å². The molecule has 0 aromatic heterocycles. The molecule has 0 amide bonds. The Labute approximate surface area is 145 Å². The minimum absolute atomic E-state index is 0.0111. The van der Waals surface area contributed by atoms with Gasteiger partial charge in [0.25, 0.3) is 0 Å². The van der Waals surface area contributed by atoms with Crippen molar-refractivity contribution in [2.45, 2.75) is 19.8 Å². The number of aliphatic imine (C=N–C) groups is 1. The SMILES string of the molecule is CN=C(c1cccc(CCNC)c1)C(Cc1ccccc1)C(C)=N. The highest BCUT2D eigenvalue weighted by Gasteiger charge is 2.20. The molecule has 0 fully saturated rings. The van der Waals surface area contributed by atoms with Gasteiger partial charge in [0.1, 0.15) is 0 Å². The third-order valence-electron chi connectivity index (χ3n) is 4.26. The van der Waals surface area contributed by atoms with Crippen LogP contribution in [0, 0.1) is 11.3 Å². The molecule has 0 spiro atoms. The number of likely N-dealkylation sites (N-methyl/N-ethyl adjacent to an activating group) is 1. The van der Waals surface area contributed by atoms with Crippen LogP contribution >= 0.6 is 0 Å². The summed E-state index contributed by atoms with van der Waals surface area (Å²) < 4.78 is 0. The Kier molecular flexibility index (Phi) is 6.89. The van der Waals surface area contributed by atoms with Crippen LogP contribution in [0.5, 0.6) is 0 Å². The van der Waals surface area contributed by atoms with Crippen molar-refractivity contribution in [3.05, 3.63) is 71.3 Å². The Bertz CT molecular complexity index is 689. The third kappa shape index (κ3) is 4.87. The highest BCUT2D eigenvalue weighted by Crippen LogP contribution is 2.18. The van der Waals surface area contributed by atoms with Gasteiger partial charge in [-0.1, -0.05) is 48.5 Å². The minimum atomic E-state index is 0.0111. The van der Waals surface area contributed by atoms with Crippen LogP contribution in [0.2, 0.25) is 0 Å². The Morgan fingerprint density at radius 2 is 1.79 bits per heavy atom. The van der Waals surface area contributed by atoms with Gasteiger partial charge in [0, 0.05) is 18.7 Å². The van der Waals surface area contributed by atoms with Crippen molar-refractivity contribution < 1.29 is 0 Å². The Hall–Kier alpha value is -2.26. The Balaban J connectivity index is 2.28. The fourth-order valence-electron chi connectivity index (χ4n) is 2.95. The molecule has 0 saturated carbocycles. The molecule has 1 unspecified atom stereocenters. The van der Waals surface area contributed by atoms with Gasteiger partial charge < -0.3 is 10.7 Å². The third-order valence-corrected chi connectivity index (χ3v) is 4.26. The first-order chi connectivity index (χ1) is 11.7. The summed E-state index contributed by atoms with van der Waals surface area (Å²) in [4.78, 5) is 4.56. The second kappa shape index (κ2) is 9.14. The summed E-state index contributed by atoms with van der Waals surface area (Å²) in [6.45, 7) is 2.84. The zero-order valence-corrected chi connectivity index (χ0v) is 14.8. The zero-order valence-electron chi connectivity index (χ0n) is 14.8. The first-order valence-electron chi connectivity index (χ1n) is 8.45. The van der Waals surface area contributed by atoms with Crippen LogP contribution in [0.15, 0.2) is 59.6 Å². The maximum absolute atomic E-state index is 8.26. The topological polar surface area (TPSA) is 48.2 Å². The van der Waals surface area contributed by atoms with Crippen molar-refractivity contribution in [3.8, 4) is 0 Å². The fraction of sp³-hybridized carbons (Fsp3) is 0.333. The summed E-state index contributed by atoms with van der Waals surface area (Å²) in [5.41, 5.74) is 5.31. The Morgan fingerprint density at radius 1 is 1.08 bits per heavy atom. The van der Waals surface area contributed by atoms with Crippen LogP contribution in [0.1, 0.15) is 23.6 Å². The maximum atomic E-state index is 8.26. The van der Waals surface area contributed by atoms with E-state index in [0.717, 1.165) is 30.7 Å². The van der Waals surface area contributed by atoms with Crippen LogP contribution in [-0.2, 0) is 12.8 Å². The van der Waals surface area contributed by atoms with E-state index in [-0.39, 0.29) is 5.92 Å². The average molecular weight is 321 g/mol. The fourth-order valence-corrected chi connectivity index (χ4v) is 2.95. The summed E-state index contributed by atoms with van der Waals surface area (Å²) in [7, 11) is 3.80. The molecule has 1 atom stereocenters. The zero-order chi connectivity index (χ0) is 17.4. The molecule has 2 aromatic carbocycles. The summed E-state index contributed by atoms with van der Waals surface area (Å²) in [6, 6.07) is 18.9. The molecule has 2 rings (SSSR count). The lowest BCUT2D eigenvalue weighted by Crippen LogP contribution is -2.25. The number of hydrogen-bond donors (Lipinski definition) is 2. The second-order valence-corrected chi connectivity index (χ2v) is 6.09. The molecular formula is C21H27N3. The van der Waals surface area contributed by atoms with Gasteiger partial charge in [-0.05, 0) is 56.1 Å². The van der Waals surface area contributed by atoms with E-state index in [9.17, 15) is 0 Å². The van der Waals surface area contributed by atoms with Crippen molar-refractivity contribution in [3.63, 3.8) is 0 Å². The summed E-state index contributed by atoms with van der Waals surface area (Å²) in [6.07, 6.45) is 1.80. The van der Waals surface area contributed by atoms with E-state index in [4.69, 9.17) is 5.41 Å². The number of nitrogens with zero attached hydrogens (tertiary/aromatic N) is 1. The number of hydrogen-bond acceptors (Lipinski definition) is 3. The van der Waals surface area contributed by atoms with E-state index in [1.165, 1.54) is 11.1 Å². The van der Waals surface area contributed by atoms with Crippen LogP contribution in [0.3, 0.4) is 0 Å². The molecule has 24 heavy (non-hydrogen) atoms. The minimum Gasteiger partial charge on any atom is -0.319 e. The molecule has 0 aliphatic carbocycles. The van der Waals surface area contributed by atoms with Gasteiger partial charge in [-0.15, -0.1) is 0 Å². The number of nitrogens with one attached hydrogen (secondary N) is 2. The van der Waals surface area contributed by atoms with Gasteiger partial charge >= 0.3 is 0 Å². The highest BCUT2D eigenvalue weighted by atomic mass is 14.8. The monoisotopic (exact) mass is 321 g/mol. The number of benzene rings is 2. The van der Waals surface area contributed by atoms with Gasteiger partial charge in [-0.2, -0.15) is 0 Å². The standard InChI is InChI=1S/C21H27N3/c1-16(22)20(15-17-8-5-4-6-9-17)21(24-3)19-11-7-10-18(14-19)12-13-23-2/h4-11,14,20,22-23H,12-13,15H2,1-3H3. The molecule has 0 aliphatic heterocycles. The van der Waals surface area contributed by atoms with Crippen molar-refractivity contribution in [2.75, 3.05) is 20.6 Å². The van der Waals surface area contributed by atoms with Crippen molar-refractivity contribution in [1.29, 1.82) is 5.41 Å². The van der Waals surface area contributed by atoms with Crippen LogP contribution in [0.4, 0.5) is 0 Å². The van der Waals surface area contributed by atoms with E-state index in [1.54, 1.807) is 0 Å². The van der Waals surface area contributed by atoms with Gasteiger partial charge in [0.15, 0.2) is 0 Å². The Morgan fingerprint density at radius 3 is 2.42 bits per heavy atom. The van der Waals surface area contributed by atoms with Crippen LogP contribution in [0.25, 0.3) is 0 Å². The molecule has 2 N–H and O–H groups in total. The lowest BCUT2D eigenvalue weighted by atomic mass is 9.86. The second-order valence-electron chi connectivity index (χ2n) is 6.09. The number of rotatable bonds is 8.